The molecule has 1 N–H and O–H groups in total. The second kappa shape index (κ2) is 6.07. The molecule has 19 heavy (non-hydrogen) atoms. The first-order valence-corrected chi connectivity index (χ1v) is 6.85. The van der Waals surface area contributed by atoms with Crippen LogP contribution in [-0.2, 0) is 13.1 Å². The van der Waals surface area contributed by atoms with Gasteiger partial charge in [0.05, 0.1) is 23.7 Å². The van der Waals surface area contributed by atoms with Crippen LogP contribution in [-0.4, -0.2) is 38.8 Å². The van der Waals surface area contributed by atoms with E-state index in [0.29, 0.717) is 30.9 Å². The van der Waals surface area contributed by atoms with Crippen LogP contribution in [0, 0.1) is 0 Å². The van der Waals surface area contributed by atoms with Crippen LogP contribution >= 0.6 is 11.5 Å². The largest absolute Gasteiger partial charge is 0.407 e. The van der Waals surface area contributed by atoms with Gasteiger partial charge in [0.15, 0.2) is 0 Å². The summed E-state index contributed by atoms with van der Waals surface area (Å²) >= 11 is 1.39. The Morgan fingerprint density at radius 2 is 2.05 bits per heavy atom. The first-order valence-electron chi connectivity index (χ1n) is 6.08. The molecule has 0 unspecified atom stereocenters. The first-order chi connectivity index (χ1) is 9.06. The highest BCUT2D eigenvalue weighted by Crippen LogP contribution is 2.20. The van der Waals surface area contributed by atoms with Crippen molar-refractivity contribution < 1.29 is 4.42 Å². The van der Waals surface area contributed by atoms with Crippen molar-refractivity contribution in [3.05, 3.63) is 16.5 Å². The summed E-state index contributed by atoms with van der Waals surface area (Å²) in [4.78, 5) is 3.07. The Kier molecular flexibility index (Phi) is 4.43. The monoisotopic (exact) mass is 282 g/mol. The molecule has 7 nitrogen and oxygen atoms in total. The van der Waals surface area contributed by atoms with Crippen LogP contribution in [0.1, 0.15) is 36.2 Å². The molecule has 2 aromatic rings. The van der Waals surface area contributed by atoms with Crippen LogP contribution in [0.15, 0.2) is 4.42 Å². The van der Waals surface area contributed by atoms with Gasteiger partial charge in [-0.05, 0) is 31.5 Å². The molecule has 2 rings (SSSR count). The third-order valence-corrected chi connectivity index (χ3v) is 3.19. The van der Waals surface area contributed by atoms with E-state index >= 15 is 0 Å². The summed E-state index contributed by atoms with van der Waals surface area (Å²) < 4.78 is 9.46. The minimum atomic E-state index is 0.363. The Morgan fingerprint density at radius 1 is 1.26 bits per heavy atom. The minimum Gasteiger partial charge on any atom is -0.407 e. The van der Waals surface area contributed by atoms with E-state index < -0.39 is 0 Å². The number of hydrogen-bond donors (Lipinski definition) is 1. The molecule has 0 aliphatic heterocycles. The van der Waals surface area contributed by atoms with E-state index in [2.05, 4.69) is 38.9 Å². The van der Waals surface area contributed by atoms with Gasteiger partial charge in [-0.25, -0.2) is 0 Å². The standard InChI is InChI=1S/C11H18N6OS/c1-7(2)10-8(19-16-14-10)5-12-11-15-13-9(18-11)6-17(3)4/h7H,5-6H2,1-4H3,(H,12,15). The van der Waals surface area contributed by atoms with Gasteiger partial charge < -0.3 is 14.6 Å². The highest BCUT2D eigenvalue weighted by Gasteiger charge is 2.13. The van der Waals surface area contributed by atoms with Gasteiger partial charge in [0.2, 0.25) is 5.89 Å². The Balaban J connectivity index is 1.95. The number of anilines is 1. The smallest absolute Gasteiger partial charge is 0.315 e. The molecular weight excluding hydrogens is 264 g/mol. The van der Waals surface area contributed by atoms with Crippen molar-refractivity contribution >= 4 is 17.5 Å². The molecule has 104 valence electrons. The minimum absolute atomic E-state index is 0.363. The maximum Gasteiger partial charge on any atom is 0.315 e. The third kappa shape index (κ3) is 3.71. The number of aromatic nitrogens is 4. The van der Waals surface area contributed by atoms with Gasteiger partial charge in [-0.15, -0.1) is 10.2 Å². The van der Waals surface area contributed by atoms with Crippen LogP contribution < -0.4 is 5.32 Å². The van der Waals surface area contributed by atoms with Crippen molar-refractivity contribution in [1.29, 1.82) is 0 Å². The zero-order valence-electron chi connectivity index (χ0n) is 11.5. The Labute approximate surface area is 116 Å². The van der Waals surface area contributed by atoms with E-state index in [1.165, 1.54) is 11.5 Å². The number of rotatable bonds is 6. The number of nitrogens with one attached hydrogen (secondary N) is 1. The maximum absolute atomic E-state index is 5.48. The number of nitrogens with zero attached hydrogens (tertiary/aromatic N) is 5. The molecule has 0 saturated heterocycles. The molecule has 0 amide bonds. The average molecular weight is 282 g/mol. The predicted octanol–water partition coefficient (Wildman–Crippen LogP) is 1.72. The van der Waals surface area contributed by atoms with E-state index in [-0.39, 0.29) is 0 Å². The van der Waals surface area contributed by atoms with Crippen LogP contribution in [0.3, 0.4) is 0 Å². The van der Waals surface area contributed by atoms with Crippen molar-refractivity contribution in [3.63, 3.8) is 0 Å². The highest BCUT2D eigenvalue weighted by molar-refractivity contribution is 7.05. The van der Waals surface area contributed by atoms with Crippen molar-refractivity contribution in [2.75, 3.05) is 19.4 Å². The summed E-state index contributed by atoms with van der Waals surface area (Å²) in [7, 11) is 3.91. The molecule has 0 spiro atoms. The lowest BCUT2D eigenvalue weighted by molar-refractivity contribution is 0.344. The molecule has 8 heteroatoms. The summed E-state index contributed by atoms with van der Waals surface area (Å²) in [6.07, 6.45) is 0. The van der Waals surface area contributed by atoms with Gasteiger partial charge in [0, 0.05) is 0 Å². The van der Waals surface area contributed by atoms with E-state index in [1.54, 1.807) is 0 Å². The summed E-state index contributed by atoms with van der Waals surface area (Å²) in [5, 5.41) is 15.2. The van der Waals surface area contributed by atoms with E-state index in [4.69, 9.17) is 4.42 Å². The second-order valence-corrected chi connectivity index (χ2v) is 5.67. The predicted molar refractivity (Wildman–Crippen MR) is 73.0 cm³/mol. The Hall–Kier alpha value is -1.54. The SMILES string of the molecule is CC(C)c1nnsc1CNc1nnc(CN(C)C)o1. The zero-order chi connectivity index (χ0) is 13.8. The zero-order valence-corrected chi connectivity index (χ0v) is 12.4. The van der Waals surface area contributed by atoms with Crippen LogP contribution in [0.4, 0.5) is 6.01 Å². The van der Waals surface area contributed by atoms with E-state index in [9.17, 15) is 0 Å². The third-order valence-electron chi connectivity index (χ3n) is 2.45. The van der Waals surface area contributed by atoms with Crippen LogP contribution in [0.25, 0.3) is 0 Å². The molecular formula is C11H18N6OS. The van der Waals surface area contributed by atoms with Crippen LogP contribution in [0.2, 0.25) is 0 Å². The lowest BCUT2D eigenvalue weighted by Crippen LogP contribution is -2.10. The van der Waals surface area contributed by atoms with E-state index in [1.807, 2.05) is 19.0 Å². The first kappa shape index (κ1) is 13.9. The van der Waals surface area contributed by atoms with Crippen molar-refractivity contribution in [2.24, 2.45) is 0 Å². The van der Waals surface area contributed by atoms with Gasteiger partial charge in [-0.2, -0.15) is 0 Å². The molecule has 0 aromatic carbocycles. The molecule has 0 atom stereocenters. The lowest BCUT2D eigenvalue weighted by atomic mass is 10.1. The summed E-state index contributed by atoms with van der Waals surface area (Å²) in [5.74, 6) is 0.960. The molecule has 0 aliphatic carbocycles. The van der Waals surface area contributed by atoms with Gasteiger partial charge in [-0.3, -0.25) is 0 Å². The van der Waals surface area contributed by atoms with Crippen molar-refractivity contribution in [3.8, 4) is 0 Å². The van der Waals surface area contributed by atoms with Crippen molar-refractivity contribution in [1.82, 2.24) is 24.7 Å². The fourth-order valence-corrected chi connectivity index (χ4v) is 2.33. The average Bonchev–Trinajstić information content (AvgIpc) is 2.93. The topological polar surface area (TPSA) is 80.0 Å². The molecule has 0 radical (unpaired) electrons. The van der Waals surface area contributed by atoms with Gasteiger partial charge in [-0.1, -0.05) is 23.4 Å². The molecule has 2 heterocycles. The molecule has 0 saturated carbocycles. The maximum atomic E-state index is 5.48. The Bertz CT molecular complexity index is 521. The summed E-state index contributed by atoms with van der Waals surface area (Å²) in [5.41, 5.74) is 1.02. The fourth-order valence-electron chi connectivity index (χ4n) is 1.59. The molecule has 0 bridgehead atoms. The normalized spacial score (nSPS) is 11.5. The van der Waals surface area contributed by atoms with Gasteiger partial charge in [0.1, 0.15) is 0 Å². The molecule has 2 aromatic heterocycles. The Morgan fingerprint density at radius 3 is 2.74 bits per heavy atom. The summed E-state index contributed by atoms with van der Waals surface area (Å²) in [6.45, 7) is 5.44. The second-order valence-electron chi connectivity index (χ2n) is 4.83. The molecule has 0 aliphatic rings. The van der Waals surface area contributed by atoms with Crippen molar-refractivity contribution in [2.45, 2.75) is 32.9 Å². The fraction of sp³-hybridized carbons (Fsp3) is 0.636. The lowest BCUT2D eigenvalue weighted by Gasteiger charge is -2.04. The van der Waals surface area contributed by atoms with Gasteiger partial charge in [0.25, 0.3) is 0 Å². The highest BCUT2D eigenvalue weighted by atomic mass is 32.1. The van der Waals surface area contributed by atoms with E-state index in [0.717, 1.165) is 10.6 Å². The number of hydrogen-bond acceptors (Lipinski definition) is 8. The quantitative estimate of drug-likeness (QED) is 0.864. The van der Waals surface area contributed by atoms with Crippen LogP contribution in [0.5, 0.6) is 0 Å². The summed E-state index contributed by atoms with van der Waals surface area (Å²) in [6, 6.07) is 0.431. The molecule has 0 fully saturated rings. The van der Waals surface area contributed by atoms with Gasteiger partial charge >= 0.3 is 6.01 Å².